The van der Waals surface area contributed by atoms with E-state index in [0.29, 0.717) is 24.0 Å². The molecule has 0 atom stereocenters. The van der Waals surface area contributed by atoms with Gasteiger partial charge in [-0.15, -0.1) is 0 Å². The lowest BCUT2D eigenvalue weighted by atomic mass is 9.95. The first-order valence-corrected chi connectivity index (χ1v) is 8.27. The predicted molar refractivity (Wildman–Crippen MR) is 95.8 cm³/mol. The fourth-order valence-electron chi connectivity index (χ4n) is 2.61. The van der Waals surface area contributed by atoms with E-state index in [-0.39, 0.29) is 11.1 Å². The van der Waals surface area contributed by atoms with E-state index >= 15 is 0 Å². The first-order chi connectivity index (χ1) is 11.9. The molecule has 0 radical (unpaired) electrons. The number of aromatic nitrogens is 4. The number of ether oxygens (including phenoxy) is 1. The summed E-state index contributed by atoms with van der Waals surface area (Å²) < 4.78 is 7.27. The minimum absolute atomic E-state index is 0.0677. The van der Waals surface area contributed by atoms with Crippen LogP contribution in [0.1, 0.15) is 25.2 Å². The lowest BCUT2D eigenvalue weighted by Gasteiger charge is -2.25. The number of aryl methyl sites for hydroxylation is 1. The third kappa shape index (κ3) is 4.24. The van der Waals surface area contributed by atoms with Gasteiger partial charge >= 0.3 is 5.69 Å². The van der Waals surface area contributed by atoms with Crippen LogP contribution in [0.15, 0.2) is 41.2 Å². The lowest BCUT2D eigenvalue weighted by molar-refractivity contribution is 0.170. The standard InChI is InChI=1S/C18H23N5O2/c1-13-20-16(9-15-21-22-17(24)23(13)15)25-12-18(2,3)11-19-10-14-7-5-4-6-8-14/h4-9,19H,10-12H2,1-3H3,(H,22,24). The zero-order chi connectivity index (χ0) is 17.9. The van der Waals surface area contributed by atoms with E-state index in [1.165, 1.54) is 9.96 Å². The summed E-state index contributed by atoms with van der Waals surface area (Å²) in [5.74, 6) is 1.02. The first kappa shape index (κ1) is 17.2. The second-order valence-electron chi connectivity index (χ2n) is 6.91. The number of rotatable bonds is 7. The molecule has 0 bridgehead atoms. The fourth-order valence-corrected chi connectivity index (χ4v) is 2.61. The molecule has 7 heteroatoms. The summed E-state index contributed by atoms with van der Waals surface area (Å²) in [7, 11) is 0. The van der Waals surface area contributed by atoms with Crippen LogP contribution in [0.5, 0.6) is 5.88 Å². The van der Waals surface area contributed by atoms with Crippen molar-refractivity contribution in [2.24, 2.45) is 5.41 Å². The number of hydrogen-bond donors (Lipinski definition) is 2. The van der Waals surface area contributed by atoms with E-state index < -0.39 is 0 Å². The van der Waals surface area contributed by atoms with Crippen LogP contribution in [0, 0.1) is 12.3 Å². The summed E-state index contributed by atoms with van der Waals surface area (Å²) in [5.41, 5.74) is 1.40. The minimum Gasteiger partial charge on any atom is -0.477 e. The van der Waals surface area contributed by atoms with Gasteiger partial charge in [0.1, 0.15) is 5.82 Å². The Kier molecular flexibility index (Phi) is 4.85. The van der Waals surface area contributed by atoms with E-state index in [2.05, 4.69) is 46.5 Å². The van der Waals surface area contributed by atoms with Crippen LogP contribution >= 0.6 is 0 Å². The SMILES string of the molecule is Cc1nc(OCC(C)(C)CNCc2ccccc2)cc2n[nH]c(=O)n12. The van der Waals surface area contributed by atoms with E-state index in [1.54, 1.807) is 13.0 Å². The highest BCUT2D eigenvalue weighted by atomic mass is 16.5. The number of aromatic amines is 1. The van der Waals surface area contributed by atoms with Crippen molar-refractivity contribution in [3.8, 4) is 5.88 Å². The third-order valence-electron chi connectivity index (χ3n) is 3.93. The Labute approximate surface area is 146 Å². The molecule has 132 valence electrons. The molecule has 3 aromatic rings. The Hall–Kier alpha value is -2.67. The van der Waals surface area contributed by atoms with Crippen LogP contribution in [-0.4, -0.2) is 32.7 Å². The molecular weight excluding hydrogens is 318 g/mol. The number of H-pyrrole nitrogens is 1. The maximum absolute atomic E-state index is 11.6. The van der Waals surface area contributed by atoms with Gasteiger partial charge in [0.25, 0.3) is 0 Å². The molecule has 0 saturated carbocycles. The van der Waals surface area contributed by atoms with Crippen molar-refractivity contribution in [1.29, 1.82) is 0 Å². The Balaban J connectivity index is 1.57. The van der Waals surface area contributed by atoms with Gasteiger partial charge in [-0.1, -0.05) is 44.2 Å². The molecular formula is C18H23N5O2. The lowest BCUT2D eigenvalue weighted by Crippen LogP contribution is -2.34. The molecule has 2 N–H and O–H groups in total. The molecule has 1 aromatic carbocycles. The number of nitrogens with one attached hydrogen (secondary N) is 2. The Bertz CT molecular complexity index is 899. The molecule has 0 aliphatic heterocycles. The topological polar surface area (TPSA) is 84.3 Å². The van der Waals surface area contributed by atoms with Crippen LogP contribution in [0.25, 0.3) is 5.65 Å². The van der Waals surface area contributed by atoms with Gasteiger partial charge < -0.3 is 10.1 Å². The molecule has 0 unspecified atom stereocenters. The van der Waals surface area contributed by atoms with Gasteiger partial charge in [-0.25, -0.2) is 14.3 Å². The van der Waals surface area contributed by atoms with E-state index in [0.717, 1.165) is 13.1 Å². The smallest absolute Gasteiger partial charge is 0.349 e. The zero-order valence-electron chi connectivity index (χ0n) is 14.7. The summed E-state index contributed by atoms with van der Waals surface area (Å²) >= 11 is 0. The van der Waals surface area contributed by atoms with E-state index in [9.17, 15) is 4.79 Å². The van der Waals surface area contributed by atoms with Crippen LogP contribution < -0.4 is 15.7 Å². The molecule has 0 saturated heterocycles. The maximum atomic E-state index is 11.6. The van der Waals surface area contributed by atoms with Crippen molar-refractivity contribution >= 4 is 5.65 Å². The Morgan fingerprint density at radius 1 is 1.28 bits per heavy atom. The molecule has 0 aliphatic rings. The molecule has 0 amide bonds. The number of hydrogen-bond acceptors (Lipinski definition) is 5. The Morgan fingerprint density at radius 2 is 2.04 bits per heavy atom. The van der Waals surface area contributed by atoms with Crippen LogP contribution in [0.3, 0.4) is 0 Å². The molecule has 7 nitrogen and oxygen atoms in total. The summed E-state index contributed by atoms with van der Waals surface area (Å²) in [6.45, 7) is 8.16. The van der Waals surface area contributed by atoms with Crippen molar-refractivity contribution in [1.82, 2.24) is 24.9 Å². The third-order valence-corrected chi connectivity index (χ3v) is 3.93. The second kappa shape index (κ2) is 7.06. The van der Waals surface area contributed by atoms with Crippen molar-refractivity contribution < 1.29 is 4.74 Å². The normalized spacial score (nSPS) is 11.8. The van der Waals surface area contributed by atoms with Crippen LogP contribution in [0.4, 0.5) is 0 Å². The minimum atomic E-state index is -0.294. The monoisotopic (exact) mass is 341 g/mol. The van der Waals surface area contributed by atoms with Gasteiger partial charge in [-0.05, 0) is 12.5 Å². The fraction of sp³-hybridized carbons (Fsp3) is 0.389. The van der Waals surface area contributed by atoms with Crippen LogP contribution in [0.2, 0.25) is 0 Å². The second-order valence-corrected chi connectivity index (χ2v) is 6.91. The van der Waals surface area contributed by atoms with E-state index in [1.807, 2.05) is 18.2 Å². The van der Waals surface area contributed by atoms with E-state index in [4.69, 9.17) is 4.74 Å². The van der Waals surface area contributed by atoms with Crippen molar-refractivity contribution in [2.45, 2.75) is 27.3 Å². The summed E-state index contributed by atoms with van der Waals surface area (Å²) in [4.78, 5) is 15.9. The summed E-state index contributed by atoms with van der Waals surface area (Å²) in [6, 6.07) is 12.0. The van der Waals surface area contributed by atoms with Gasteiger partial charge in [0.05, 0.1) is 6.61 Å². The van der Waals surface area contributed by atoms with Gasteiger partial charge in [0.15, 0.2) is 5.65 Å². The number of nitrogens with zero attached hydrogens (tertiary/aromatic N) is 3. The number of fused-ring (bicyclic) bond motifs is 1. The van der Waals surface area contributed by atoms with Crippen molar-refractivity contribution in [3.63, 3.8) is 0 Å². The van der Waals surface area contributed by atoms with Gasteiger partial charge in [0, 0.05) is 24.6 Å². The van der Waals surface area contributed by atoms with Gasteiger partial charge in [-0.3, -0.25) is 0 Å². The maximum Gasteiger partial charge on any atom is 0.349 e. The largest absolute Gasteiger partial charge is 0.477 e. The molecule has 2 aromatic heterocycles. The number of benzene rings is 1. The summed E-state index contributed by atoms with van der Waals surface area (Å²) in [6.07, 6.45) is 0. The molecule has 0 spiro atoms. The quantitative estimate of drug-likeness (QED) is 0.686. The van der Waals surface area contributed by atoms with Gasteiger partial charge in [-0.2, -0.15) is 10.1 Å². The van der Waals surface area contributed by atoms with Crippen molar-refractivity contribution in [2.75, 3.05) is 13.2 Å². The Morgan fingerprint density at radius 3 is 2.80 bits per heavy atom. The first-order valence-electron chi connectivity index (χ1n) is 8.27. The average Bonchev–Trinajstić information content (AvgIpc) is 2.96. The predicted octanol–water partition coefficient (Wildman–Crippen LogP) is 1.92. The molecule has 3 rings (SSSR count). The summed E-state index contributed by atoms with van der Waals surface area (Å²) in [5, 5.41) is 9.83. The van der Waals surface area contributed by atoms with Crippen LogP contribution in [-0.2, 0) is 6.54 Å². The average molecular weight is 341 g/mol. The molecule has 2 heterocycles. The molecule has 25 heavy (non-hydrogen) atoms. The highest BCUT2D eigenvalue weighted by molar-refractivity contribution is 5.40. The highest BCUT2D eigenvalue weighted by Gasteiger charge is 2.19. The highest BCUT2D eigenvalue weighted by Crippen LogP contribution is 2.18. The van der Waals surface area contributed by atoms with Crippen molar-refractivity contribution in [3.05, 3.63) is 58.3 Å². The molecule has 0 fully saturated rings. The molecule has 0 aliphatic carbocycles. The van der Waals surface area contributed by atoms with Gasteiger partial charge in [0.2, 0.25) is 5.88 Å². The zero-order valence-corrected chi connectivity index (χ0v) is 14.7.